The van der Waals surface area contributed by atoms with Crippen LogP contribution in [-0.4, -0.2) is 29.1 Å². The highest BCUT2D eigenvalue weighted by Crippen LogP contribution is 2.45. The molecule has 0 unspecified atom stereocenters. The number of aromatic nitrogens is 6. The van der Waals surface area contributed by atoms with Gasteiger partial charge in [0.2, 0.25) is 0 Å². The molecule has 0 fully saturated rings. The van der Waals surface area contributed by atoms with E-state index in [2.05, 4.69) is 112 Å². The molecule has 0 aliphatic carbocycles. The third-order valence-corrected chi connectivity index (χ3v) is 17.4. The number of nitriles is 1. The fourth-order valence-corrected chi connectivity index (χ4v) is 12.9. The van der Waals surface area contributed by atoms with E-state index >= 15 is 13.2 Å². The summed E-state index contributed by atoms with van der Waals surface area (Å²) in [6, 6.07) is 93.8. The lowest BCUT2D eigenvalue weighted by atomic mass is 9.97. The van der Waals surface area contributed by atoms with Crippen LogP contribution in [0.5, 0.6) is 0 Å². The fourth-order valence-electron chi connectivity index (χ4n) is 12.9. The number of pyridine rings is 4. The van der Waals surface area contributed by atoms with Gasteiger partial charge in [-0.3, -0.25) is 19.9 Å². The van der Waals surface area contributed by atoms with Crippen LogP contribution in [0, 0.1) is 11.3 Å². The molecular formula is C82H50F3N7. The van der Waals surface area contributed by atoms with Gasteiger partial charge in [-0.2, -0.15) is 18.4 Å². The quantitative estimate of drug-likeness (QED) is 0.129. The summed E-state index contributed by atoms with van der Waals surface area (Å²) in [6.45, 7) is 0. The smallest absolute Gasteiger partial charge is 0.309 e. The maximum Gasteiger partial charge on any atom is 0.416 e. The lowest BCUT2D eigenvalue weighted by molar-refractivity contribution is -0.137. The SMILES string of the molecule is N#Cc1cc(-n2c3ccc(-c4ccnc(-c5ccccc5)c4)cc3c3cc(-c4ccnc(-c5ccccc5)c4)ccc32)c(-c2cccc(C(F)(F)F)c2)cc1-n1c2ccc(-c3ccnc(-c4ccccc4)c3)cc2c2cc(-c3ccnc(-c4ccccc4)c3)ccc21. The Bertz CT molecular complexity index is 5300. The minimum absolute atomic E-state index is 0.310. The molecule has 10 heteroatoms. The summed E-state index contributed by atoms with van der Waals surface area (Å²) in [6.07, 6.45) is 2.65. The van der Waals surface area contributed by atoms with Gasteiger partial charge in [-0.15, -0.1) is 0 Å². The van der Waals surface area contributed by atoms with E-state index in [9.17, 15) is 5.26 Å². The van der Waals surface area contributed by atoms with E-state index in [0.29, 0.717) is 28.1 Å². The Kier molecular flexibility index (Phi) is 13.6. The van der Waals surface area contributed by atoms with Crippen molar-refractivity contribution in [3.8, 4) is 118 Å². The van der Waals surface area contributed by atoms with Gasteiger partial charge >= 0.3 is 6.18 Å². The fraction of sp³-hybridized carbons (Fsp3) is 0.0122. The Morgan fingerprint density at radius 3 is 0.924 bits per heavy atom. The first-order chi connectivity index (χ1) is 45.2. The van der Waals surface area contributed by atoms with Crippen molar-refractivity contribution in [1.29, 1.82) is 5.26 Å². The topological polar surface area (TPSA) is 85.2 Å². The van der Waals surface area contributed by atoms with Crippen molar-refractivity contribution in [2.24, 2.45) is 0 Å². The molecule has 0 N–H and O–H groups in total. The summed E-state index contributed by atoms with van der Waals surface area (Å²) < 4.78 is 49.5. The molecule has 10 aromatic carbocycles. The van der Waals surface area contributed by atoms with Gasteiger partial charge in [0.25, 0.3) is 0 Å². The zero-order valence-electron chi connectivity index (χ0n) is 49.1. The number of hydrogen-bond donors (Lipinski definition) is 0. The van der Waals surface area contributed by atoms with E-state index in [-0.39, 0.29) is 0 Å². The third kappa shape index (κ3) is 10.0. The molecular weight excluding hydrogens is 1140 g/mol. The molecule has 6 heterocycles. The second-order valence-electron chi connectivity index (χ2n) is 22.9. The predicted molar refractivity (Wildman–Crippen MR) is 365 cm³/mol. The molecule has 0 radical (unpaired) electrons. The van der Waals surface area contributed by atoms with Crippen LogP contribution in [0.1, 0.15) is 11.1 Å². The average Bonchev–Trinajstić information content (AvgIpc) is 1.56. The van der Waals surface area contributed by atoms with Gasteiger partial charge in [0, 0.05) is 74.1 Å². The monoisotopic (exact) mass is 1190 g/mol. The molecule has 92 heavy (non-hydrogen) atoms. The van der Waals surface area contributed by atoms with Crippen molar-refractivity contribution in [2.45, 2.75) is 6.18 Å². The van der Waals surface area contributed by atoms with Gasteiger partial charge in [-0.25, -0.2) is 0 Å². The zero-order chi connectivity index (χ0) is 61.9. The van der Waals surface area contributed by atoms with Crippen LogP contribution in [-0.2, 0) is 6.18 Å². The van der Waals surface area contributed by atoms with E-state index in [1.165, 1.54) is 12.1 Å². The molecule has 0 amide bonds. The van der Waals surface area contributed by atoms with Crippen LogP contribution in [0.2, 0.25) is 0 Å². The Morgan fingerprint density at radius 2 is 0.598 bits per heavy atom. The number of alkyl halides is 3. The number of rotatable bonds is 11. The standard InChI is InChI=1S/C82H50F3N7/c83-82(84,85)66-23-13-22-64(40-66)67-50-80(91-76-28-24-56(60-32-36-87-72(45-60)52-14-5-1-6-15-52)41-68(76)69-42-57(25-29-77(69)91)61-33-37-88-73(46-61)53-16-7-2-8-17-53)65(51-86)49-81(67)92-78-30-26-58(62-34-38-89-74(47-62)54-18-9-3-10-19-54)43-70(78)71-44-59(27-31-79(71)92)63-35-39-90-75(48-63)55-20-11-4-12-21-55/h1-50H. The minimum Gasteiger partial charge on any atom is -0.309 e. The van der Waals surface area contributed by atoms with Crippen LogP contribution in [0.3, 0.4) is 0 Å². The number of benzene rings is 10. The van der Waals surface area contributed by atoms with Crippen LogP contribution in [0.4, 0.5) is 13.2 Å². The molecule has 434 valence electrons. The first-order valence-electron chi connectivity index (χ1n) is 30.2. The largest absolute Gasteiger partial charge is 0.416 e. The van der Waals surface area contributed by atoms with Crippen LogP contribution >= 0.6 is 0 Å². The Hall–Kier alpha value is -12.3. The van der Waals surface area contributed by atoms with Crippen LogP contribution in [0.15, 0.2) is 304 Å². The van der Waals surface area contributed by atoms with Gasteiger partial charge < -0.3 is 9.13 Å². The van der Waals surface area contributed by atoms with Crippen molar-refractivity contribution >= 4 is 43.6 Å². The molecule has 0 aliphatic rings. The minimum atomic E-state index is -4.65. The Labute approximate surface area is 527 Å². The van der Waals surface area contributed by atoms with Crippen molar-refractivity contribution in [3.05, 3.63) is 315 Å². The van der Waals surface area contributed by atoms with Crippen LogP contribution in [0.25, 0.3) is 156 Å². The second kappa shape index (κ2) is 22.7. The molecule has 7 nitrogen and oxygen atoms in total. The molecule has 0 bridgehead atoms. The van der Waals surface area contributed by atoms with Crippen LogP contribution < -0.4 is 0 Å². The van der Waals surface area contributed by atoms with Gasteiger partial charge in [0.1, 0.15) is 6.07 Å². The Morgan fingerprint density at radius 1 is 0.283 bits per heavy atom. The lowest BCUT2D eigenvalue weighted by Gasteiger charge is -2.19. The molecule has 0 aliphatic heterocycles. The van der Waals surface area contributed by atoms with Crippen molar-refractivity contribution in [2.75, 3.05) is 0 Å². The summed E-state index contributed by atoms with van der Waals surface area (Å²) in [5, 5.41) is 15.4. The maximum atomic E-state index is 15.1. The zero-order valence-corrected chi connectivity index (χ0v) is 49.1. The first-order valence-corrected chi connectivity index (χ1v) is 30.2. The number of fused-ring (bicyclic) bond motifs is 6. The highest BCUT2D eigenvalue weighted by Gasteiger charge is 2.31. The van der Waals surface area contributed by atoms with E-state index in [1.807, 2.05) is 183 Å². The summed E-state index contributed by atoms with van der Waals surface area (Å²) >= 11 is 0. The van der Waals surface area contributed by atoms with Gasteiger partial charge in [-0.1, -0.05) is 158 Å². The summed E-state index contributed by atoms with van der Waals surface area (Å²) in [5.41, 5.74) is 19.5. The summed E-state index contributed by atoms with van der Waals surface area (Å²) in [7, 11) is 0. The molecule has 16 rings (SSSR count). The summed E-state index contributed by atoms with van der Waals surface area (Å²) in [4.78, 5) is 19.0. The molecule has 16 aromatic rings. The molecule has 0 spiro atoms. The highest BCUT2D eigenvalue weighted by atomic mass is 19.4. The lowest BCUT2D eigenvalue weighted by Crippen LogP contribution is -2.06. The number of halogens is 3. The average molecular weight is 1190 g/mol. The van der Waals surface area contributed by atoms with E-state index in [0.717, 1.165) is 139 Å². The van der Waals surface area contributed by atoms with E-state index in [4.69, 9.17) is 19.9 Å². The van der Waals surface area contributed by atoms with Crippen molar-refractivity contribution in [1.82, 2.24) is 29.1 Å². The predicted octanol–water partition coefficient (Wildman–Crippen LogP) is 21.4. The van der Waals surface area contributed by atoms with E-state index in [1.54, 1.807) is 6.07 Å². The highest BCUT2D eigenvalue weighted by molar-refractivity contribution is 6.14. The van der Waals surface area contributed by atoms with Gasteiger partial charge in [0.05, 0.1) is 67.3 Å². The number of hydrogen-bond acceptors (Lipinski definition) is 5. The molecule has 0 saturated carbocycles. The normalized spacial score (nSPS) is 11.6. The summed E-state index contributed by atoms with van der Waals surface area (Å²) in [5.74, 6) is 0. The molecule has 0 saturated heterocycles. The Balaban J connectivity index is 0.938. The second-order valence-corrected chi connectivity index (χ2v) is 22.9. The first kappa shape index (κ1) is 55.0. The van der Waals surface area contributed by atoms with Gasteiger partial charge in [0.15, 0.2) is 0 Å². The maximum absolute atomic E-state index is 15.1. The number of nitrogens with zero attached hydrogens (tertiary/aromatic N) is 7. The van der Waals surface area contributed by atoms with E-state index < -0.39 is 11.7 Å². The third-order valence-electron chi connectivity index (χ3n) is 17.4. The molecule has 6 aromatic heterocycles. The molecule has 0 atom stereocenters. The van der Waals surface area contributed by atoms with Crippen molar-refractivity contribution in [3.63, 3.8) is 0 Å². The van der Waals surface area contributed by atoms with Gasteiger partial charge in [-0.05, 0) is 171 Å². The van der Waals surface area contributed by atoms with Crippen molar-refractivity contribution < 1.29 is 13.2 Å².